The Morgan fingerprint density at radius 1 is 1.04 bits per heavy atom. The van der Waals surface area contributed by atoms with Crippen LogP contribution in [0.2, 0.25) is 0 Å². The number of nitrogens with zero attached hydrogens (tertiary/aromatic N) is 2. The second-order valence-corrected chi connectivity index (χ2v) is 12.4. The monoisotopic (exact) mass is 639 g/mol. The van der Waals surface area contributed by atoms with Gasteiger partial charge in [0.2, 0.25) is 5.91 Å². The van der Waals surface area contributed by atoms with E-state index in [0.29, 0.717) is 42.4 Å². The Labute approximate surface area is 275 Å². The van der Waals surface area contributed by atoms with Crippen molar-refractivity contribution in [3.8, 4) is 17.2 Å². The van der Waals surface area contributed by atoms with Gasteiger partial charge < -0.3 is 24.8 Å². The molecule has 9 heteroatoms. The number of nitrogens with one attached hydrogen (secondary N) is 1. The number of carbonyl (C=O) groups is 2. The lowest BCUT2D eigenvalue weighted by molar-refractivity contribution is -0.115. The van der Waals surface area contributed by atoms with Gasteiger partial charge in [-0.3, -0.25) is 14.5 Å². The van der Waals surface area contributed by atoms with Crippen LogP contribution >= 0.6 is 0 Å². The summed E-state index contributed by atoms with van der Waals surface area (Å²) in [5, 5.41) is 13.0. The number of aliphatic hydroxyl groups excluding tert-OH is 1. The fraction of sp³-hybridized carbons (Fsp3) is 0.316. The van der Waals surface area contributed by atoms with E-state index >= 15 is 0 Å². The van der Waals surface area contributed by atoms with E-state index in [1.165, 1.54) is 6.07 Å². The third kappa shape index (κ3) is 8.55. The molecule has 3 atom stereocenters. The zero-order chi connectivity index (χ0) is 33.5. The molecular weight excluding hydrogens is 597 g/mol. The minimum absolute atomic E-state index is 0.101. The van der Waals surface area contributed by atoms with Gasteiger partial charge >= 0.3 is 0 Å². The second kappa shape index (κ2) is 15.2. The van der Waals surface area contributed by atoms with Crippen molar-refractivity contribution >= 4 is 17.5 Å². The number of likely N-dealkylation sites (N-methyl/N-ethyl adjacent to an activating group) is 1. The average molecular weight is 640 g/mol. The molecule has 8 nitrogen and oxygen atoms in total. The van der Waals surface area contributed by atoms with Gasteiger partial charge in [0.05, 0.1) is 30.3 Å². The summed E-state index contributed by atoms with van der Waals surface area (Å²) in [5.41, 5.74) is 3.79. The Balaban J connectivity index is 1.34. The van der Waals surface area contributed by atoms with Crippen LogP contribution < -0.4 is 14.8 Å². The molecule has 5 rings (SSSR count). The topological polar surface area (TPSA) is 91.3 Å². The SMILES string of the molecule is Cc1ccc(CC(=O)Nc2cccc3c2O[C@H](CN(C)Cc2ccc(Oc4ccccc4F)cc2)[C@H](C)CN([C@@H](C)CO)C3=O)cc1. The van der Waals surface area contributed by atoms with E-state index in [-0.39, 0.29) is 42.6 Å². The first-order valence-electron chi connectivity index (χ1n) is 15.9. The minimum Gasteiger partial charge on any atom is -0.486 e. The predicted molar refractivity (Wildman–Crippen MR) is 180 cm³/mol. The summed E-state index contributed by atoms with van der Waals surface area (Å²) in [6.07, 6.45) is -0.169. The van der Waals surface area contributed by atoms with E-state index in [1.54, 1.807) is 41.3 Å². The average Bonchev–Trinajstić information content (AvgIpc) is 3.05. The van der Waals surface area contributed by atoms with Crippen LogP contribution in [0, 0.1) is 18.7 Å². The van der Waals surface area contributed by atoms with Crippen LogP contribution in [-0.4, -0.2) is 65.6 Å². The Bertz CT molecular complexity index is 1680. The molecule has 246 valence electrons. The van der Waals surface area contributed by atoms with E-state index in [1.807, 2.05) is 76.3 Å². The number of rotatable bonds is 11. The highest BCUT2D eigenvalue weighted by Gasteiger charge is 2.34. The third-order valence-corrected chi connectivity index (χ3v) is 8.38. The van der Waals surface area contributed by atoms with Gasteiger partial charge in [-0.2, -0.15) is 0 Å². The van der Waals surface area contributed by atoms with Crippen molar-refractivity contribution in [1.29, 1.82) is 0 Å². The summed E-state index contributed by atoms with van der Waals surface area (Å²) >= 11 is 0. The molecule has 1 heterocycles. The number of hydrogen-bond acceptors (Lipinski definition) is 6. The molecule has 0 unspecified atom stereocenters. The molecule has 0 saturated carbocycles. The van der Waals surface area contributed by atoms with Crippen molar-refractivity contribution < 1.29 is 28.6 Å². The maximum absolute atomic E-state index is 14.0. The molecule has 0 aliphatic carbocycles. The van der Waals surface area contributed by atoms with E-state index in [2.05, 4.69) is 10.2 Å². The maximum atomic E-state index is 14.0. The van der Waals surface area contributed by atoms with Crippen LogP contribution in [0.5, 0.6) is 17.2 Å². The maximum Gasteiger partial charge on any atom is 0.258 e. The molecular formula is C38H42FN3O5. The molecule has 4 aromatic rings. The number of anilines is 1. The highest BCUT2D eigenvalue weighted by molar-refractivity contribution is 6.02. The first kappa shape index (κ1) is 33.6. The van der Waals surface area contributed by atoms with Crippen LogP contribution in [0.25, 0.3) is 0 Å². The van der Waals surface area contributed by atoms with E-state index in [4.69, 9.17) is 9.47 Å². The number of aryl methyl sites for hydroxylation is 1. The van der Waals surface area contributed by atoms with Crippen molar-refractivity contribution in [2.45, 2.75) is 45.9 Å². The van der Waals surface area contributed by atoms with Gasteiger partial charge in [-0.05, 0) is 68.4 Å². The number of carbonyl (C=O) groups excluding carboxylic acids is 2. The number of ether oxygens (including phenoxy) is 2. The number of halogens is 1. The fourth-order valence-electron chi connectivity index (χ4n) is 5.65. The first-order chi connectivity index (χ1) is 22.6. The molecule has 0 bridgehead atoms. The van der Waals surface area contributed by atoms with Crippen LogP contribution in [0.1, 0.15) is 40.9 Å². The number of hydrogen-bond donors (Lipinski definition) is 2. The summed E-state index contributed by atoms with van der Waals surface area (Å²) < 4.78 is 26.4. The lowest BCUT2D eigenvalue weighted by atomic mass is 9.98. The van der Waals surface area contributed by atoms with Gasteiger partial charge in [0.15, 0.2) is 17.3 Å². The summed E-state index contributed by atoms with van der Waals surface area (Å²) in [5.74, 6) is 0.0315. The number of amides is 2. The van der Waals surface area contributed by atoms with Gasteiger partial charge in [0.1, 0.15) is 11.9 Å². The van der Waals surface area contributed by atoms with Crippen molar-refractivity contribution in [3.63, 3.8) is 0 Å². The molecule has 1 aliphatic rings. The quantitative estimate of drug-likeness (QED) is 0.196. The van der Waals surface area contributed by atoms with Crippen LogP contribution in [0.4, 0.5) is 10.1 Å². The minimum atomic E-state index is -0.422. The molecule has 0 saturated heterocycles. The van der Waals surface area contributed by atoms with Gasteiger partial charge in [0.25, 0.3) is 5.91 Å². The summed E-state index contributed by atoms with van der Waals surface area (Å²) in [6.45, 7) is 7.19. The number of aliphatic hydroxyl groups is 1. The zero-order valence-electron chi connectivity index (χ0n) is 27.3. The predicted octanol–water partition coefficient (Wildman–Crippen LogP) is 6.46. The number of para-hydroxylation sites is 2. The Hall–Kier alpha value is -4.73. The zero-order valence-corrected chi connectivity index (χ0v) is 27.3. The van der Waals surface area contributed by atoms with Crippen molar-refractivity contribution in [2.75, 3.05) is 32.1 Å². The van der Waals surface area contributed by atoms with Gasteiger partial charge in [-0.15, -0.1) is 0 Å². The van der Waals surface area contributed by atoms with Crippen LogP contribution in [0.15, 0.2) is 91.0 Å². The third-order valence-electron chi connectivity index (χ3n) is 8.38. The molecule has 47 heavy (non-hydrogen) atoms. The lowest BCUT2D eigenvalue weighted by Crippen LogP contribution is -2.49. The molecule has 0 aromatic heterocycles. The highest BCUT2D eigenvalue weighted by Crippen LogP contribution is 2.35. The van der Waals surface area contributed by atoms with E-state index < -0.39 is 11.9 Å². The lowest BCUT2D eigenvalue weighted by Gasteiger charge is -2.38. The van der Waals surface area contributed by atoms with Crippen LogP contribution in [-0.2, 0) is 17.8 Å². The van der Waals surface area contributed by atoms with Crippen molar-refractivity contribution in [1.82, 2.24) is 9.80 Å². The summed E-state index contributed by atoms with van der Waals surface area (Å²) in [6, 6.07) is 26.4. The fourth-order valence-corrected chi connectivity index (χ4v) is 5.65. The smallest absolute Gasteiger partial charge is 0.258 e. The molecule has 4 aromatic carbocycles. The standard InChI is InChI=1S/C38H42FN3O5/c1-25-12-14-28(15-13-25)20-36(44)40-33-10-7-8-31-37(33)47-35(26(2)21-42(38(31)45)27(3)24-43)23-41(4)22-29-16-18-30(19-17-29)46-34-11-6-5-9-32(34)39/h5-19,26-27,35,43H,20-24H2,1-4H3,(H,40,44)/t26-,27+,35-/m1/s1. The second-order valence-electron chi connectivity index (χ2n) is 12.4. The van der Waals surface area contributed by atoms with Gasteiger partial charge in [0, 0.05) is 25.6 Å². The van der Waals surface area contributed by atoms with E-state index in [0.717, 1.165) is 16.7 Å². The number of fused-ring (bicyclic) bond motifs is 1. The molecule has 0 spiro atoms. The molecule has 2 N–H and O–H groups in total. The van der Waals surface area contributed by atoms with Gasteiger partial charge in [-0.25, -0.2) is 4.39 Å². The molecule has 0 radical (unpaired) electrons. The van der Waals surface area contributed by atoms with Crippen LogP contribution in [0.3, 0.4) is 0 Å². The van der Waals surface area contributed by atoms with E-state index in [9.17, 15) is 19.1 Å². The Kier molecular flexibility index (Phi) is 10.9. The normalized spacial score (nSPS) is 16.9. The Morgan fingerprint density at radius 2 is 1.74 bits per heavy atom. The first-order valence-corrected chi connectivity index (χ1v) is 15.9. The highest BCUT2D eigenvalue weighted by atomic mass is 19.1. The molecule has 2 amide bonds. The number of benzene rings is 4. The van der Waals surface area contributed by atoms with Crippen molar-refractivity contribution in [3.05, 3.63) is 119 Å². The van der Waals surface area contributed by atoms with Gasteiger partial charge in [-0.1, -0.05) is 67.1 Å². The largest absolute Gasteiger partial charge is 0.486 e. The summed E-state index contributed by atoms with van der Waals surface area (Å²) in [7, 11) is 1.99. The Morgan fingerprint density at radius 3 is 2.45 bits per heavy atom. The molecule has 1 aliphatic heterocycles. The molecule has 0 fully saturated rings. The van der Waals surface area contributed by atoms with Crippen molar-refractivity contribution in [2.24, 2.45) is 5.92 Å². The summed E-state index contributed by atoms with van der Waals surface area (Å²) in [4.78, 5) is 30.8.